The van der Waals surface area contributed by atoms with E-state index in [9.17, 15) is 0 Å². The molecule has 52 heavy (non-hydrogen) atoms. The summed E-state index contributed by atoms with van der Waals surface area (Å²) in [6.45, 7) is 24.5. The Balaban J connectivity index is 0.000000218. The second-order valence-corrected chi connectivity index (χ2v) is 18.1. The van der Waals surface area contributed by atoms with Gasteiger partial charge < -0.3 is 24.8 Å². The van der Waals surface area contributed by atoms with Gasteiger partial charge in [0.1, 0.15) is 0 Å². The third-order valence-corrected chi connectivity index (χ3v) is 15.4. The van der Waals surface area contributed by atoms with E-state index in [1.165, 1.54) is 68.1 Å². The van der Waals surface area contributed by atoms with Gasteiger partial charge in [-0.1, -0.05) is 126 Å². The van der Waals surface area contributed by atoms with E-state index in [0.717, 1.165) is 6.42 Å². The fraction of sp³-hybridized carbons (Fsp3) is 0.388. The molecule has 0 aromatic heterocycles. The summed E-state index contributed by atoms with van der Waals surface area (Å²) in [6, 6.07) is 30.3. The molecule has 5 aliphatic rings. The maximum atomic E-state index is 3.15. The van der Waals surface area contributed by atoms with Crippen LogP contribution in [0.15, 0.2) is 132 Å². The summed E-state index contributed by atoms with van der Waals surface area (Å²) in [5, 5.41) is 0. The van der Waals surface area contributed by atoms with E-state index in [0.29, 0.717) is 11.8 Å². The monoisotopic (exact) mass is 804 g/mol. The molecule has 0 aliphatic heterocycles. The van der Waals surface area contributed by atoms with Gasteiger partial charge in [-0.2, -0.15) is 17.2 Å². The van der Waals surface area contributed by atoms with Gasteiger partial charge in [0.2, 0.25) is 0 Å². The van der Waals surface area contributed by atoms with Crippen molar-refractivity contribution in [1.29, 1.82) is 0 Å². The Morgan fingerprint density at radius 2 is 1.35 bits per heavy atom. The van der Waals surface area contributed by atoms with Crippen molar-refractivity contribution in [2.24, 2.45) is 33.5 Å². The summed E-state index contributed by atoms with van der Waals surface area (Å²) in [5.74, 6) is 2.80. The number of benzene rings is 3. The zero-order valence-corrected chi connectivity index (χ0v) is 36.9. The second-order valence-electron chi connectivity index (χ2n) is 16.9. The number of allylic oxidation sites excluding steroid dienone is 10. The number of hydrogen-bond donors (Lipinski definition) is 0. The zero-order valence-electron chi connectivity index (χ0n) is 32.9. The quantitative estimate of drug-likeness (QED) is 0.253. The van der Waals surface area contributed by atoms with Crippen molar-refractivity contribution < 1.29 is 49.0 Å². The minimum absolute atomic E-state index is 0. The third kappa shape index (κ3) is 6.98. The fourth-order valence-corrected chi connectivity index (χ4v) is 10.5. The van der Waals surface area contributed by atoms with Gasteiger partial charge in [-0.15, -0.1) is 13.8 Å². The van der Waals surface area contributed by atoms with Crippen molar-refractivity contribution in [2.45, 2.75) is 88.5 Å². The average molecular weight is 807 g/mol. The summed E-state index contributed by atoms with van der Waals surface area (Å²) in [7, 11) is 0. The van der Waals surface area contributed by atoms with E-state index in [-0.39, 0.29) is 46.5 Å². The van der Waals surface area contributed by atoms with Crippen LogP contribution in [0.1, 0.15) is 104 Å². The van der Waals surface area contributed by atoms with Crippen LogP contribution < -0.4 is 24.8 Å². The molecule has 0 radical (unpaired) electrons. The molecule has 1 fully saturated rings. The number of fused-ring (bicyclic) bond motifs is 6. The van der Waals surface area contributed by atoms with E-state index >= 15 is 0 Å². The van der Waals surface area contributed by atoms with Crippen LogP contribution in [0.3, 0.4) is 0 Å². The maximum absolute atomic E-state index is 3.15. The molecule has 0 saturated heterocycles. The molecular weight excluding hydrogens is 751 g/mol. The van der Waals surface area contributed by atoms with Gasteiger partial charge in [0, 0.05) is 0 Å². The van der Waals surface area contributed by atoms with Crippen LogP contribution in [0.2, 0.25) is 0 Å². The van der Waals surface area contributed by atoms with Crippen molar-refractivity contribution in [3.8, 4) is 0 Å². The van der Waals surface area contributed by atoms with Crippen LogP contribution in [0, 0.1) is 45.5 Å². The van der Waals surface area contributed by atoms with Crippen molar-refractivity contribution in [3.63, 3.8) is 0 Å². The Morgan fingerprint density at radius 3 is 1.87 bits per heavy atom. The Kier molecular flexibility index (Phi) is 13.1. The Morgan fingerprint density at radius 1 is 0.788 bits per heavy atom. The zero-order chi connectivity index (χ0) is 36.1. The Labute approximate surface area is 343 Å². The average Bonchev–Trinajstić information content (AvgIpc) is 3.70. The van der Waals surface area contributed by atoms with Crippen LogP contribution in [0.25, 0.3) is 5.57 Å². The second kappa shape index (κ2) is 16.1. The molecule has 0 amide bonds. The molecule has 3 aromatic rings. The van der Waals surface area contributed by atoms with Crippen LogP contribution in [-0.4, -0.2) is 3.21 Å². The van der Waals surface area contributed by atoms with Crippen molar-refractivity contribution in [3.05, 3.63) is 166 Å². The van der Waals surface area contributed by atoms with Gasteiger partial charge in [-0.25, -0.2) is 17.6 Å². The van der Waals surface area contributed by atoms with E-state index < -0.39 is 0 Å². The normalized spacial score (nSPS) is 25.0. The summed E-state index contributed by atoms with van der Waals surface area (Å²) in [4.78, 5) is 0. The first kappa shape index (κ1) is 42.3. The third-order valence-electron chi connectivity index (χ3n) is 14.0. The molecule has 3 aromatic carbocycles. The predicted molar refractivity (Wildman–Crippen MR) is 211 cm³/mol. The Bertz CT molecular complexity index is 1880. The summed E-state index contributed by atoms with van der Waals surface area (Å²) < 4.78 is 1.42. The first-order valence-corrected chi connectivity index (χ1v) is 19.9. The first-order chi connectivity index (χ1) is 23.6. The number of hydrogen-bond acceptors (Lipinski definition) is 0. The summed E-state index contributed by atoms with van der Waals surface area (Å²) in [5.41, 5.74) is 14.3. The van der Waals surface area contributed by atoms with Crippen LogP contribution in [0.5, 0.6) is 0 Å². The van der Waals surface area contributed by atoms with Gasteiger partial charge in [-0.05, 0) is 40.6 Å². The standard InChI is InChI=1S/C29H37.C13H10.C7H9.2ClH.Zr/c1-18-25-22-17-19-13-9-10-14-20(19)24(22)21-15-11-12-16-23(21)29(25,8)28(6,7)27(4,5)26(18,2)3;1-3-7-12(8-4-1)11-13-9-5-2-6-10-13;1-6-3-4-7(2)5-6;;;/h9-11,13-15,23H,12,16-17H2,1-8H3;1-10H;3,5,7H,1-2H3;2*1H;/q-1;;-1;;;+2/p-2. The van der Waals surface area contributed by atoms with E-state index in [4.69, 9.17) is 0 Å². The van der Waals surface area contributed by atoms with Crippen LogP contribution in [-0.2, 0) is 30.7 Å². The molecule has 0 heterocycles. The molecule has 3 atom stereocenters. The molecule has 0 spiro atoms. The summed E-state index contributed by atoms with van der Waals surface area (Å²) in [6.07, 6.45) is 15.9. The molecule has 5 aliphatic carbocycles. The molecule has 3 unspecified atom stereocenters. The van der Waals surface area contributed by atoms with Gasteiger partial charge >= 0.3 is 99.2 Å². The van der Waals surface area contributed by atoms with E-state index in [2.05, 4.69) is 178 Å². The number of halogens is 2. The molecular formula is C49H56Cl2Zr-2. The van der Waals surface area contributed by atoms with E-state index in [1.54, 1.807) is 28.2 Å². The van der Waals surface area contributed by atoms with Gasteiger partial charge in [0.25, 0.3) is 0 Å². The minimum atomic E-state index is 0. The van der Waals surface area contributed by atoms with Gasteiger partial charge in [-0.3, -0.25) is 6.08 Å². The van der Waals surface area contributed by atoms with Crippen molar-refractivity contribution in [1.82, 2.24) is 0 Å². The topological polar surface area (TPSA) is 0 Å². The van der Waals surface area contributed by atoms with Crippen LogP contribution in [0.4, 0.5) is 0 Å². The summed E-state index contributed by atoms with van der Waals surface area (Å²) >= 11 is 1.46. The molecule has 0 nitrogen and oxygen atoms in total. The molecule has 3 heteroatoms. The van der Waals surface area contributed by atoms with Crippen LogP contribution >= 0.6 is 0 Å². The van der Waals surface area contributed by atoms with Crippen molar-refractivity contribution in [2.75, 3.05) is 0 Å². The van der Waals surface area contributed by atoms with Gasteiger partial charge in [0.15, 0.2) is 0 Å². The van der Waals surface area contributed by atoms with Crippen molar-refractivity contribution >= 4 is 8.78 Å². The molecule has 0 N–H and O–H groups in total. The number of rotatable bonds is 2. The predicted octanol–water partition coefficient (Wildman–Crippen LogP) is 6.72. The Hall–Kier alpha value is -2.44. The fourth-order valence-electron chi connectivity index (χ4n) is 9.70. The molecule has 0 bridgehead atoms. The molecule has 8 rings (SSSR count). The van der Waals surface area contributed by atoms with E-state index in [1.807, 2.05) is 6.08 Å². The SMILES string of the molecule is CC1=CC(C)[C-]=C1.C[C-]1C2=C3Cc4ccccc4C3=C3C=CCCC3C2(C)C(C)(C)C(C)(C)C1(C)C.[Cl-].[Cl-].[Zr+2]=[C](c1ccccc1)c1ccccc1. The van der Waals surface area contributed by atoms with Gasteiger partial charge in [0.05, 0.1) is 0 Å². The first-order valence-electron chi connectivity index (χ1n) is 18.7. The molecule has 272 valence electrons. The molecule has 1 saturated carbocycles.